The zero-order valence-electron chi connectivity index (χ0n) is 6.13. The van der Waals surface area contributed by atoms with Crippen LogP contribution >= 0.6 is 0 Å². The van der Waals surface area contributed by atoms with E-state index in [1.54, 1.807) is 6.92 Å². The molecule has 0 bridgehead atoms. The van der Waals surface area contributed by atoms with Crippen LogP contribution in [-0.4, -0.2) is 5.91 Å². The van der Waals surface area contributed by atoms with E-state index in [-0.39, 0.29) is 11.8 Å². The van der Waals surface area contributed by atoms with Crippen LogP contribution in [0.4, 0.5) is 0 Å². The Bertz CT molecular complexity index is 148. The lowest BCUT2D eigenvalue weighted by Gasteiger charge is -2.02. The molecule has 0 unspecified atom stereocenters. The number of unbranched alkanes of at least 4 members (excludes halogenated alkanes) is 1. The Balaban J connectivity index is 3.32. The summed E-state index contributed by atoms with van der Waals surface area (Å²) in [6, 6.07) is 2.01. The van der Waals surface area contributed by atoms with Gasteiger partial charge in [-0.2, -0.15) is 5.26 Å². The predicted molar refractivity (Wildman–Crippen MR) is 37.8 cm³/mol. The van der Waals surface area contributed by atoms with Crippen LogP contribution in [-0.2, 0) is 4.79 Å². The van der Waals surface area contributed by atoms with Crippen LogP contribution < -0.4 is 5.73 Å². The number of carbonyl (C=O) groups is 1. The van der Waals surface area contributed by atoms with Gasteiger partial charge in [0.25, 0.3) is 0 Å². The number of rotatable bonds is 4. The lowest BCUT2D eigenvalue weighted by Crippen LogP contribution is -2.20. The van der Waals surface area contributed by atoms with E-state index < -0.39 is 0 Å². The van der Waals surface area contributed by atoms with E-state index in [1.807, 2.05) is 6.07 Å². The molecule has 0 aliphatic rings. The Morgan fingerprint density at radius 1 is 1.80 bits per heavy atom. The molecule has 2 N–H and O–H groups in total. The third kappa shape index (κ3) is 3.90. The van der Waals surface area contributed by atoms with Gasteiger partial charge in [-0.3, -0.25) is 4.79 Å². The molecular weight excluding hydrogens is 128 g/mol. The maximum absolute atomic E-state index is 10.4. The highest BCUT2D eigenvalue weighted by Crippen LogP contribution is 2.05. The third-order valence-corrected chi connectivity index (χ3v) is 1.41. The number of hydrogen-bond acceptors (Lipinski definition) is 2. The molecule has 0 saturated heterocycles. The predicted octanol–water partition coefficient (Wildman–Crippen LogP) is 0.802. The molecule has 3 nitrogen and oxygen atoms in total. The zero-order valence-corrected chi connectivity index (χ0v) is 6.13. The number of nitrogens with zero attached hydrogens (tertiary/aromatic N) is 1. The second-order valence-corrected chi connectivity index (χ2v) is 2.35. The average Bonchev–Trinajstić information content (AvgIpc) is 1.88. The maximum Gasteiger partial charge on any atom is 0.220 e. The van der Waals surface area contributed by atoms with Crippen LogP contribution in [0, 0.1) is 17.2 Å². The van der Waals surface area contributed by atoms with Gasteiger partial charge in [-0.05, 0) is 12.8 Å². The summed E-state index contributed by atoms with van der Waals surface area (Å²) in [4.78, 5) is 10.4. The summed E-state index contributed by atoms with van der Waals surface area (Å²) < 4.78 is 0. The standard InChI is InChI=1S/C7H12N2O/c1-6(7(9)10)4-2-3-5-8/h6H,2-4H2,1H3,(H2,9,10)/t6-/m0/s1. The monoisotopic (exact) mass is 140 g/mol. The Morgan fingerprint density at radius 3 is 2.80 bits per heavy atom. The fourth-order valence-electron chi connectivity index (χ4n) is 0.630. The lowest BCUT2D eigenvalue weighted by molar-refractivity contribution is -0.121. The molecule has 0 aliphatic carbocycles. The summed E-state index contributed by atoms with van der Waals surface area (Å²) in [7, 11) is 0. The van der Waals surface area contributed by atoms with Crippen LogP contribution in [0.15, 0.2) is 0 Å². The molecule has 0 heterocycles. The molecule has 0 aromatic rings. The van der Waals surface area contributed by atoms with Crippen molar-refractivity contribution in [3.05, 3.63) is 0 Å². The van der Waals surface area contributed by atoms with Crippen molar-refractivity contribution in [2.24, 2.45) is 11.7 Å². The van der Waals surface area contributed by atoms with Gasteiger partial charge in [0.1, 0.15) is 0 Å². The zero-order chi connectivity index (χ0) is 7.98. The molecule has 0 aromatic heterocycles. The first-order valence-electron chi connectivity index (χ1n) is 3.34. The van der Waals surface area contributed by atoms with Gasteiger partial charge in [-0.25, -0.2) is 0 Å². The maximum atomic E-state index is 10.4. The minimum Gasteiger partial charge on any atom is -0.369 e. The summed E-state index contributed by atoms with van der Waals surface area (Å²) in [6.07, 6.45) is 2.00. The van der Waals surface area contributed by atoms with E-state index in [2.05, 4.69) is 0 Å². The van der Waals surface area contributed by atoms with Gasteiger partial charge in [-0.15, -0.1) is 0 Å². The molecule has 1 amide bonds. The van der Waals surface area contributed by atoms with E-state index in [0.29, 0.717) is 6.42 Å². The normalized spacial score (nSPS) is 12.0. The van der Waals surface area contributed by atoms with Crippen LogP contribution in [0.1, 0.15) is 26.2 Å². The molecule has 1 atom stereocenters. The van der Waals surface area contributed by atoms with Crippen molar-refractivity contribution in [3.8, 4) is 6.07 Å². The first-order valence-corrected chi connectivity index (χ1v) is 3.34. The van der Waals surface area contributed by atoms with Crippen LogP contribution in [0.5, 0.6) is 0 Å². The van der Waals surface area contributed by atoms with Gasteiger partial charge in [0.05, 0.1) is 6.07 Å². The van der Waals surface area contributed by atoms with Crippen molar-refractivity contribution in [1.29, 1.82) is 5.26 Å². The van der Waals surface area contributed by atoms with E-state index in [1.165, 1.54) is 0 Å². The lowest BCUT2D eigenvalue weighted by atomic mass is 10.0. The highest BCUT2D eigenvalue weighted by molar-refractivity contribution is 5.76. The molecule has 0 aliphatic heterocycles. The second-order valence-electron chi connectivity index (χ2n) is 2.35. The highest BCUT2D eigenvalue weighted by atomic mass is 16.1. The molecule has 0 radical (unpaired) electrons. The fraction of sp³-hybridized carbons (Fsp3) is 0.714. The summed E-state index contributed by atoms with van der Waals surface area (Å²) in [5.74, 6) is -0.369. The molecule has 56 valence electrons. The first-order chi connectivity index (χ1) is 4.68. The largest absolute Gasteiger partial charge is 0.369 e. The van der Waals surface area contributed by atoms with Crippen molar-refractivity contribution in [3.63, 3.8) is 0 Å². The second kappa shape index (κ2) is 4.80. The summed E-state index contributed by atoms with van der Waals surface area (Å²) in [5.41, 5.74) is 5.00. The Morgan fingerprint density at radius 2 is 2.40 bits per heavy atom. The summed E-state index contributed by atoms with van der Waals surface area (Å²) in [5, 5.41) is 8.15. The molecule has 0 aromatic carbocycles. The number of nitrogens with two attached hydrogens (primary N) is 1. The average molecular weight is 140 g/mol. The molecule has 0 fully saturated rings. The molecule has 0 rings (SSSR count). The molecular formula is C7H12N2O. The number of nitriles is 1. The number of primary amides is 1. The minimum absolute atomic E-state index is 0.0895. The quantitative estimate of drug-likeness (QED) is 0.587. The van der Waals surface area contributed by atoms with Crippen LogP contribution in [0.25, 0.3) is 0 Å². The molecule has 3 heteroatoms. The van der Waals surface area contributed by atoms with Crippen LogP contribution in [0.2, 0.25) is 0 Å². The number of amides is 1. The van der Waals surface area contributed by atoms with Crippen molar-refractivity contribution in [2.75, 3.05) is 0 Å². The number of hydrogen-bond donors (Lipinski definition) is 1. The van der Waals surface area contributed by atoms with Crippen LogP contribution in [0.3, 0.4) is 0 Å². The Labute approximate surface area is 60.8 Å². The summed E-state index contributed by atoms with van der Waals surface area (Å²) in [6.45, 7) is 1.78. The van der Waals surface area contributed by atoms with Gasteiger partial charge in [0, 0.05) is 12.3 Å². The van der Waals surface area contributed by atoms with E-state index in [9.17, 15) is 4.79 Å². The minimum atomic E-state index is -0.280. The molecule has 0 saturated carbocycles. The van der Waals surface area contributed by atoms with Gasteiger partial charge < -0.3 is 5.73 Å². The topological polar surface area (TPSA) is 66.9 Å². The molecule has 10 heavy (non-hydrogen) atoms. The van der Waals surface area contributed by atoms with Crippen molar-refractivity contribution >= 4 is 5.91 Å². The smallest absolute Gasteiger partial charge is 0.220 e. The fourth-order valence-corrected chi connectivity index (χ4v) is 0.630. The van der Waals surface area contributed by atoms with E-state index in [4.69, 9.17) is 11.0 Å². The van der Waals surface area contributed by atoms with Crippen molar-refractivity contribution < 1.29 is 4.79 Å². The Hall–Kier alpha value is -1.04. The van der Waals surface area contributed by atoms with E-state index in [0.717, 1.165) is 12.8 Å². The number of carbonyl (C=O) groups excluding carboxylic acids is 1. The molecule has 0 spiro atoms. The van der Waals surface area contributed by atoms with Crippen molar-refractivity contribution in [1.82, 2.24) is 0 Å². The van der Waals surface area contributed by atoms with Gasteiger partial charge in [-0.1, -0.05) is 6.92 Å². The van der Waals surface area contributed by atoms with Crippen molar-refractivity contribution in [2.45, 2.75) is 26.2 Å². The third-order valence-electron chi connectivity index (χ3n) is 1.41. The highest BCUT2D eigenvalue weighted by Gasteiger charge is 2.06. The van der Waals surface area contributed by atoms with Gasteiger partial charge in [0.15, 0.2) is 0 Å². The summed E-state index contributed by atoms with van der Waals surface area (Å²) >= 11 is 0. The Kier molecular flexibility index (Phi) is 4.30. The van der Waals surface area contributed by atoms with Gasteiger partial charge in [0.2, 0.25) is 5.91 Å². The first kappa shape index (κ1) is 8.96. The SMILES string of the molecule is C[C@@H](CCCC#N)C(N)=O. The van der Waals surface area contributed by atoms with E-state index >= 15 is 0 Å². The van der Waals surface area contributed by atoms with Gasteiger partial charge >= 0.3 is 0 Å².